The second-order valence-corrected chi connectivity index (χ2v) is 8.64. The Balaban J connectivity index is 1.73. The first-order valence-electron chi connectivity index (χ1n) is 9.34. The SMILES string of the molecule is CCOc1ccc(NS(=O)(=O)c2ccc(Cl)c(C(=O)NCC3CCCO3)c2)cc1. The molecule has 2 aromatic carbocycles. The lowest BCUT2D eigenvalue weighted by Gasteiger charge is -2.13. The lowest BCUT2D eigenvalue weighted by atomic mass is 10.2. The van der Waals surface area contributed by atoms with Crippen LogP contribution in [0.25, 0.3) is 0 Å². The third-order valence-corrected chi connectivity index (χ3v) is 6.13. The van der Waals surface area contributed by atoms with Crippen molar-refractivity contribution in [2.75, 3.05) is 24.5 Å². The summed E-state index contributed by atoms with van der Waals surface area (Å²) in [7, 11) is -3.90. The van der Waals surface area contributed by atoms with Crippen LogP contribution in [-0.2, 0) is 14.8 Å². The van der Waals surface area contributed by atoms with Gasteiger partial charge in [0.25, 0.3) is 15.9 Å². The number of benzene rings is 2. The molecule has 0 bridgehead atoms. The van der Waals surface area contributed by atoms with Gasteiger partial charge in [-0.3, -0.25) is 9.52 Å². The maximum atomic E-state index is 12.7. The number of halogens is 1. The first kappa shape index (κ1) is 21.4. The average molecular weight is 439 g/mol. The summed E-state index contributed by atoms with van der Waals surface area (Å²) in [5, 5.41) is 2.93. The van der Waals surface area contributed by atoms with Crippen LogP contribution in [0.15, 0.2) is 47.4 Å². The Kier molecular flexibility index (Phi) is 7.00. The van der Waals surface area contributed by atoms with Crippen molar-refractivity contribution < 1.29 is 22.7 Å². The van der Waals surface area contributed by atoms with Gasteiger partial charge in [0.05, 0.1) is 28.2 Å². The molecule has 1 amide bonds. The second kappa shape index (κ2) is 9.47. The minimum Gasteiger partial charge on any atom is -0.494 e. The zero-order valence-electron chi connectivity index (χ0n) is 16.0. The van der Waals surface area contributed by atoms with Crippen LogP contribution in [0.1, 0.15) is 30.1 Å². The molecular formula is C20H23ClN2O5S. The van der Waals surface area contributed by atoms with Gasteiger partial charge in [-0.1, -0.05) is 11.6 Å². The highest BCUT2D eigenvalue weighted by molar-refractivity contribution is 7.92. The molecule has 0 saturated carbocycles. The number of nitrogens with one attached hydrogen (secondary N) is 2. The summed E-state index contributed by atoms with van der Waals surface area (Å²) < 4.78 is 38.8. The fourth-order valence-corrected chi connectivity index (χ4v) is 4.24. The van der Waals surface area contributed by atoms with Crippen molar-refractivity contribution in [3.8, 4) is 5.75 Å². The maximum absolute atomic E-state index is 12.7. The summed E-state index contributed by atoms with van der Waals surface area (Å²) in [5.41, 5.74) is 0.479. The number of hydrogen-bond donors (Lipinski definition) is 2. The van der Waals surface area contributed by atoms with Crippen molar-refractivity contribution in [3.63, 3.8) is 0 Å². The predicted molar refractivity (Wildman–Crippen MR) is 111 cm³/mol. The Morgan fingerprint density at radius 3 is 2.66 bits per heavy atom. The zero-order valence-corrected chi connectivity index (χ0v) is 17.6. The molecule has 1 atom stereocenters. The van der Waals surface area contributed by atoms with Crippen LogP contribution in [-0.4, -0.2) is 40.2 Å². The number of carbonyl (C=O) groups excluding carboxylic acids is 1. The molecule has 1 aliphatic rings. The van der Waals surface area contributed by atoms with E-state index in [1.54, 1.807) is 24.3 Å². The summed E-state index contributed by atoms with van der Waals surface area (Å²) in [6.07, 6.45) is 1.83. The van der Waals surface area contributed by atoms with Gasteiger partial charge in [0.15, 0.2) is 0 Å². The topological polar surface area (TPSA) is 93.7 Å². The quantitative estimate of drug-likeness (QED) is 0.658. The number of carbonyl (C=O) groups is 1. The standard InChI is InChI=1S/C20H23ClN2O5S/c1-2-27-15-7-5-14(6-8-15)23-29(25,26)17-9-10-19(21)18(12-17)20(24)22-13-16-4-3-11-28-16/h5-10,12,16,23H,2-4,11,13H2,1H3,(H,22,24). The van der Waals surface area contributed by atoms with Crippen LogP contribution in [0.3, 0.4) is 0 Å². The number of hydrogen-bond acceptors (Lipinski definition) is 5. The Labute approximate surface area is 175 Å². The van der Waals surface area contributed by atoms with Crippen molar-refractivity contribution >= 4 is 33.2 Å². The Morgan fingerprint density at radius 2 is 2.00 bits per heavy atom. The summed E-state index contributed by atoms with van der Waals surface area (Å²) in [6, 6.07) is 10.6. The molecule has 1 saturated heterocycles. The Bertz CT molecular complexity index is 957. The van der Waals surface area contributed by atoms with Gasteiger partial charge >= 0.3 is 0 Å². The molecule has 2 N–H and O–H groups in total. The van der Waals surface area contributed by atoms with E-state index in [9.17, 15) is 13.2 Å². The van der Waals surface area contributed by atoms with Crippen LogP contribution in [0.4, 0.5) is 5.69 Å². The molecule has 29 heavy (non-hydrogen) atoms. The molecule has 2 aromatic rings. The third kappa shape index (κ3) is 5.62. The summed E-state index contributed by atoms with van der Waals surface area (Å²) in [4.78, 5) is 12.4. The number of rotatable bonds is 8. The Hall–Kier alpha value is -2.29. The number of anilines is 1. The summed E-state index contributed by atoms with van der Waals surface area (Å²) in [6.45, 7) is 3.43. The molecule has 0 spiro atoms. The minimum atomic E-state index is -3.90. The molecule has 3 rings (SSSR count). The van der Waals surface area contributed by atoms with Gasteiger partial charge in [-0.05, 0) is 62.2 Å². The molecule has 7 nitrogen and oxygen atoms in total. The lowest BCUT2D eigenvalue weighted by Crippen LogP contribution is -2.32. The van der Waals surface area contributed by atoms with Crippen molar-refractivity contribution in [1.29, 1.82) is 0 Å². The molecule has 1 heterocycles. The fraction of sp³-hybridized carbons (Fsp3) is 0.350. The molecule has 1 fully saturated rings. The van der Waals surface area contributed by atoms with E-state index in [1.165, 1.54) is 18.2 Å². The first-order chi connectivity index (χ1) is 13.9. The smallest absolute Gasteiger partial charge is 0.261 e. The van der Waals surface area contributed by atoms with Gasteiger partial charge in [-0.2, -0.15) is 0 Å². The Morgan fingerprint density at radius 1 is 1.24 bits per heavy atom. The van der Waals surface area contributed by atoms with Gasteiger partial charge in [0.1, 0.15) is 5.75 Å². The molecule has 0 aliphatic carbocycles. The number of ether oxygens (including phenoxy) is 2. The zero-order chi connectivity index (χ0) is 20.9. The number of sulfonamides is 1. The molecule has 9 heteroatoms. The summed E-state index contributed by atoms with van der Waals surface area (Å²) >= 11 is 6.12. The maximum Gasteiger partial charge on any atom is 0.261 e. The molecule has 0 aromatic heterocycles. The highest BCUT2D eigenvalue weighted by Gasteiger charge is 2.21. The largest absolute Gasteiger partial charge is 0.494 e. The fourth-order valence-electron chi connectivity index (χ4n) is 2.95. The van der Waals surface area contributed by atoms with Gasteiger partial charge in [0.2, 0.25) is 0 Å². The van der Waals surface area contributed by atoms with Gasteiger partial charge in [-0.25, -0.2) is 8.42 Å². The van der Waals surface area contributed by atoms with E-state index in [-0.39, 0.29) is 21.6 Å². The second-order valence-electron chi connectivity index (χ2n) is 6.55. The number of amides is 1. The molecule has 156 valence electrons. The minimum absolute atomic E-state index is 0.0223. The third-order valence-electron chi connectivity index (χ3n) is 4.42. The molecule has 0 radical (unpaired) electrons. The molecule has 1 aliphatic heterocycles. The van der Waals surface area contributed by atoms with Crippen molar-refractivity contribution in [3.05, 3.63) is 53.1 Å². The van der Waals surface area contributed by atoms with Crippen LogP contribution < -0.4 is 14.8 Å². The van der Waals surface area contributed by atoms with E-state index in [0.29, 0.717) is 31.2 Å². The monoisotopic (exact) mass is 438 g/mol. The first-order valence-corrected chi connectivity index (χ1v) is 11.2. The van der Waals surface area contributed by atoms with Gasteiger partial charge in [0, 0.05) is 18.8 Å². The molecule has 1 unspecified atom stereocenters. The summed E-state index contributed by atoms with van der Waals surface area (Å²) in [5.74, 6) is 0.204. The van der Waals surface area contributed by atoms with E-state index >= 15 is 0 Å². The van der Waals surface area contributed by atoms with E-state index in [4.69, 9.17) is 21.1 Å². The van der Waals surface area contributed by atoms with E-state index in [0.717, 1.165) is 12.8 Å². The van der Waals surface area contributed by atoms with Crippen LogP contribution in [0.5, 0.6) is 5.75 Å². The van der Waals surface area contributed by atoms with Gasteiger partial charge < -0.3 is 14.8 Å². The van der Waals surface area contributed by atoms with E-state index < -0.39 is 15.9 Å². The van der Waals surface area contributed by atoms with Crippen molar-refractivity contribution in [1.82, 2.24) is 5.32 Å². The average Bonchev–Trinajstić information content (AvgIpc) is 3.21. The molecular weight excluding hydrogens is 416 g/mol. The van der Waals surface area contributed by atoms with Crippen LogP contribution >= 0.6 is 11.6 Å². The highest BCUT2D eigenvalue weighted by Crippen LogP contribution is 2.24. The van der Waals surface area contributed by atoms with Crippen molar-refractivity contribution in [2.24, 2.45) is 0 Å². The van der Waals surface area contributed by atoms with Crippen molar-refractivity contribution in [2.45, 2.75) is 30.8 Å². The van der Waals surface area contributed by atoms with Crippen LogP contribution in [0.2, 0.25) is 5.02 Å². The van der Waals surface area contributed by atoms with Crippen LogP contribution in [0, 0.1) is 0 Å². The lowest BCUT2D eigenvalue weighted by molar-refractivity contribution is 0.0857. The normalized spacial score (nSPS) is 16.4. The van der Waals surface area contributed by atoms with E-state index in [1.807, 2.05) is 6.92 Å². The van der Waals surface area contributed by atoms with Gasteiger partial charge in [-0.15, -0.1) is 0 Å². The highest BCUT2D eigenvalue weighted by atomic mass is 35.5. The van der Waals surface area contributed by atoms with E-state index in [2.05, 4.69) is 10.0 Å². The predicted octanol–water partition coefficient (Wildman–Crippen LogP) is 3.45.